The van der Waals surface area contributed by atoms with Crippen molar-refractivity contribution in [3.8, 4) is 5.75 Å². The number of anilines is 1. The maximum Gasteiger partial charge on any atom is 0.251 e. The molecule has 0 spiro atoms. The minimum Gasteiger partial charge on any atom is -0.489 e. The van der Waals surface area contributed by atoms with Gasteiger partial charge in [-0.1, -0.05) is 56.3 Å². The number of ether oxygens (including phenoxy) is 1. The molecule has 0 aliphatic rings. The molecule has 0 radical (unpaired) electrons. The molecule has 0 unspecified atom stereocenters. The van der Waals surface area contributed by atoms with Crippen LogP contribution in [0.4, 0.5) is 5.69 Å². The molecule has 3 rings (SSSR count). The van der Waals surface area contributed by atoms with Crippen LogP contribution in [-0.4, -0.2) is 18.4 Å². The summed E-state index contributed by atoms with van der Waals surface area (Å²) in [6.07, 6.45) is 0.729. The first-order chi connectivity index (χ1) is 15.0. The Labute approximate surface area is 183 Å². The SMILES string of the molecule is CC(C)C(=O)Nc1ccc(C(=O)NCCc2ccc(OCc3ccccc3)cc2)cc1. The summed E-state index contributed by atoms with van der Waals surface area (Å²) in [5.74, 6) is 0.548. The van der Waals surface area contributed by atoms with E-state index < -0.39 is 0 Å². The van der Waals surface area contributed by atoms with Crippen LogP contribution >= 0.6 is 0 Å². The van der Waals surface area contributed by atoms with Crippen molar-refractivity contribution < 1.29 is 14.3 Å². The maximum absolute atomic E-state index is 12.3. The average Bonchev–Trinajstić information content (AvgIpc) is 2.79. The Kier molecular flexibility index (Phi) is 7.82. The van der Waals surface area contributed by atoms with E-state index >= 15 is 0 Å². The third-order valence-electron chi connectivity index (χ3n) is 4.81. The van der Waals surface area contributed by atoms with Crippen molar-refractivity contribution in [2.45, 2.75) is 26.9 Å². The van der Waals surface area contributed by atoms with E-state index in [1.165, 1.54) is 0 Å². The van der Waals surface area contributed by atoms with Gasteiger partial charge in [0.2, 0.25) is 5.91 Å². The van der Waals surface area contributed by atoms with Crippen molar-refractivity contribution in [1.82, 2.24) is 5.32 Å². The molecule has 2 amide bonds. The summed E-state index contributed by atoms with van der Waals surface area (Å²) < 4.78 is 5.80. The maximum atomic E-state index is 12.3. The monoisotopic (exact) mass is 416 g/mol. The third kappa shape index (κ3) is 7.00. The van der Waals surface area contributed by atoms with Crippen LogP contribution in [0.1, 0.15) is 35.3 Å². The summed E-state index contributed by atoms with van der Waals surface area (Å²) in [7, 11) is 0. The molecule has 5 nitrogen and oxygen atoms in total. The predicted molar refractivity (Wildman–Crippen MR) is 123 cm³/mol. The summed E-state index contributed by atoms with van der Waals surface area (Å²) in [5.41, 5.74) is 3.50. The van der Waals surface area contributed by atoms with E-state index in [-0.39, 0.29) is 17.7 Å². The molecule has 0 atom stereocenters. The first-order valence-corrected chi connectivity index (χ1v) is 10.5. The molecule has 0 saturated heterocycles. The fraction of sp³-hybridized carbons (Fsp3) is 0.231. The molecular formula is C26H28N2O3. The molecule has 2 N–H and O–H groups in total. The third-order valence-corrected chi connectivity index (χ3v) is 4.81. The van der Waals surface area contributed by atoms with Crippen LogP contribution in [0.25, 0.3) is 0 Å². The van der Waals surface area contributed by atoms with E-state index in [9.17, 15) is 9.59 Å². The Morgan fingerprint density at radius 3 is 2.16 bits per heavy atom. The number of carbonyl (C=O) groups excluding carboxylic acids is 2. The second kappa shape index (κ2) is 11.0. The van der Waals surface area contributed by atoms with Crippen molar-refractivity contribution in [3.05, 3.63) is 95.6 Å². The van der Waals surface area contributed by atoms with Crippen LogP contribution in [0.3, 0.4) is 0 Å². The average molecular weight is 417 g/mol. The van der Waals surface area contributed by atoms with E-state index in [0.29, 0.717) is 24.4 Å². The summed E-state index contributed by atoms with van der Waals surface area (Å²) in [6.45, 7) is 4.75. The molecule has 5 heteroatoms. The normalized spacial score (nSPS) is 10.5. The zero-order chi connectivity index (χ0) is 22.1. The molecule has 31 heavy (non-hydrogen) atoms. The minimum absolute atomic E-state index is 0.0475. The number of rotatable bonds is 9. The zero-order valence-electron chi connectivity index (χ0n) is 17.9. The van der Waals surface area contributed by atoms with Crippen molar-refractivity contribution in [2.75, 3.05) is 11.9 Å². The predicted octanol–water partition coefficient (Wildman–Crippen LogP) is 4.83. The van der Waals surface area contributed by atoms with E-state index in [1.807, 2.05) is 68.4 Å². The van der Waals surface area contributed by atoms with Gasteiger partial charge in [0.25, 0.3) is 5.91 Å². The Morgan fingerprint density at radius 1 is 0.839 bits per heavy atom. The van der Waals surface area contributed by atoms with Gasteiger partial charge in [0.05, 0.1) is 0 Å². The van der Waals surface area contributed by atoms with Gasteiger partial charge in [-0.3, -0.25) is 9.59 Å². The highest BCUT2D eigenvalue weighted by molar-refractivity contribution is 5.96. The van der Waals surface area contributed by atoms with Gasteiger partial charge in [-0.05, 0) is 53.9 Å². The smallest absolute Gasteiger partial charge is 0.251 e. The summed E-state index contributed by atoms with van der Waals surface area (Å²) >= 11 is 0. The molecule has 3 aromatic carbocycles. The number of amides is 2. The number of nitrogens with one attached hydrogen (secondary N) is 2. The van der Waals surface area contributed by atoms with Crippen molar-refractivity contribution >= 4 is 17.5 Å². The summed E-state index contributed by atoms with van der Waals surface area (Å²) in [5, 5.41) is 5.74. The molecular weight excluding hydrogens is 388 g/mol. The molecule has 0 saturated carbocycles. The van der Waals surface area contributed by atoms with Gasteiger partial charge < -0.3 is 15.4 Å². The standard InChI is InChI=1S/C26H28N2O3/c1-19(2)25(29)28-23-12-10-22(11-13-23)26(30)27-17-16-20-8-14-24(15-9-20)31-18-21-6-4-3-5-7-21/h3-15,19H,16-18H2,1-2H3,(H,27,30)(H,28,29). The molecule has 0 bridgehead atoms. The van der Waals surface area contributed by atoms with Crippen LogP contribution in [0.2, 0.25) is 0 Å². The lowest BCUT2D eigenvalue weighted by Crippen LogP contribution is -2.25. The van der Waals surface area contributed by atoms with Gasteiger partial charge in [-0.25, -0.2) is 0 Å². The molecule has 0 aliphatic carbocycles. The highest BCUT2D eigenvalue weighted by Gasteiger charge is 2.09. The lowest BCUT2D eigenvalue weighted by Gasteiger charge is -2.10. The molecule has 3 aromatic rings. The molecule has 0 heterocycles. The Bertz CT molecular complexity index is 981. The first kappa shape index (κ1) is 22.1. The number of carbonyl (C=O) groups is 2. The van der Waals surface area contributed by atoms with Gasteiger partial charge in [-0.2, -0.15) is 0 Å². The highest BCUT2D eigenvalue weighted by atomic mass is 16.5. The molecule has 160 valence electrons. The van der Waals surface area contributed by atoms with E-state index in [2.05, 4.69) is 10.6 Å². The first-order valence-electron chi connectivity index (χ1n) is 10.5. The molecule has 0 fully saturated rings. The number of benzene rings is 3. The minimum atomic E-state index is -0.135. The summed E-state index contributed by atoms with van der Waals surface area (Å²) in [4.78, 5) is 24.1. The number of hydrogen-bond donors (Lipinski definition) is 2. The van der Waals surface area contributed by atoms with Gasteiger partial charge >= 0.3 is 0 Å². The van der Waals surface area contributed by atoms with Crippen molar-refractivity contribution in [2.24, 2.45) is 5.92 Å². The Balaban J connectivity index is 1.42. The zero-order valence-corrected chi connectivity index (χ0v) is 17.9. The topological polar surface area (TPSA) is 67.4 Å². The molecule has 0 aromatic heterocycles. The van der Waals surface area contributed by atoms with Crippen LogP contribution in [0.5, 0.6) is 5.75 Å². The van der Waals surface area contributed by atoms with Gasteiger partial charge in [0.15, 0.2) is 0 Å². The Morgan fingerprint density at radius 2 is 1.52 bits per heavy atom. The fourth-order valence-corrected chi connectivity index (χ4v) is 2.91. The van der Waals surface area contributed by atoms with Crippen molar-refractivity contribution in [1.29, 1.82) is 0 Å². The summed E-state index contributed by atoms with van der Waals surface area (Å²) in [6, 6.07) is 24.9. The van der Waals surface area contributed by atoms with Crippen LogP contribution in [0, 0.1) is 5.92 Å². The second-order valence-electron chi connectivity index (χ2n) is 7.65. The van der Waals surface area contributed by atoms with E-state index in [4.69, 9.17) is 4.74 Å². The Hall–Kier alpha value is -3.60. The van der Waals surface area contributed by atoms with Crippen LogP contribution in [0.15, 0.2) is 78.9 Å². The fourth-order valence-electron chi connectivity index (χ4n) is 2.91. The molecule has 0 aliphatic heterocycles. The lowest BCUT2D eigenvalue weighted by atomic mass is 10.1. The van der Waals surface area contributed by atoms with Crippen molar-refractivity contribution in [3.63, 3.8) is 0 Å². The second-order valence-corrected chi connectivity index (χ2v) is 7.65. The van der Waals surface area contributed by atoms with E-state index in [0.717, 1.165) is 23.3 Å². The van der Waals surface area contributed by atoms with Crippen LogP contribution < -0.4 is 15.4 Å². The number of hydrogen-bond acceptors (Lipinski definition) is 3. The van der Waals surface area contributed by atoms with Gasteiger partial charge in [0.1, 0.15) is 12.4 Å². The quantitative estimate of drug-likeness (QED) is 0.525. The largest absolute Gasteiger partial charge is 0.489 e. The van der Waals surface area contributed by atoms with Crippen LogP contribution in [-0.2, 0) is 17.8 Å². The highest BCUT2D eigenvalue weighted by Crippen LogP contribution is 2.15. The van der Waals surface area contributed by atoms with E-state index in [1.54, 1.807) is 24.3 Å². The van der Waals surface area contributed by atoms with Gasteiger partial charge in [-0.15, -0.1) is 0 Å². The van der Waals surface area contributed by atoms with Gasteiger partial charge in [0, 0.05) is 23.7 Å². The lowest BCUT2D eigenvalue weighted by molar-refractivity contribution is -0.118.